The monoisotopic (exact) mass is 290 g/mol. The Labute approximate surface area is 120 Å². The number of hydrogen-bond donors (Lipinski definition) is 1. The Balaban J connectivity index is 2.63. The molecule has 5 heteroatoms. The Morgan fingerprint density at radius 3 is 2.37 bits per heavy atom. The minimum atomic E-state index is 0.116. The topological polar surface area (TPSA) is 56.4 Å². The number of benzene rings is 1. The summed E-state index contributed by atoms with van der Waals surface area (Å²) in [6, 6.07) is 11.3. The SMILES string of the molecule is N#C/C(=C1C=C/C(=N\O)C(Cl)=C/1Cl)c1ccccc1. The summed E-state index contributed by atoms with van der Waals surface area (Å²) in [5.74, 6) is 0. The van der Waals surface area contributed by atoms with Gasteiger partial charge in [0.25, 0.3) is 0 Å². The molecule has 0 bridgehead atoms. The van der Waals surface area contributed by atoms with Crippen LogP contribution in [0.1, 0.15) is 5.56 Å². The second-order valence-electron chi connectivity index (χ2n) is 3.71. The lowest BCUT2D eigenvalue weighted by molar-refractivity contribution is 0.320. The van der Waals surface area contributed by atoms with Crippen molar-refractivity contribution in [1.29, 1.82) is 5.26 Å². The highest BCUT2D eigenvalue weighted by molar-refractivity contribution is 6.52. The van der Waals surface area contributed by atoms with Crippen molar-refractivity contribution < 1.29 is 5.21 Å². The molecule has 3 nitrogen and oxygen atoms in total. The van der Waals surface area contributed by atoms with E-state index < -0.39 is 0 Å². The molecule has 0 aliphatic heterocycles. The highest BCUT2D eigenvalue weighted by Gasteiger charge is 2.19. The average molecular weight is 291 g/mol. The van der Waals surface area contributed by atoms with E-state index in [4.69, 9.17) is 28.4 Å². The fraction of sp³-hybridized carbons (Fsp3) is 0. The normalized spacial score (nSPS) is 19.5. The lowest BCUT2D eigenvalue weighted by atomic mass is 9.97. The van der Waals surface area contributed by atoms with E-state index in [1.165, 1.54) is 6.08 Å². The minimum Gasteiger partial charge on any atom is -0.410 e. The number of halogens is 2. The second-order valence-corrected chi connectivity index (χ2v) is 4.47. The smallest absolute Gasteiger partial charge is 0.122 e. The third-order valence-electron chi connectivity index (χ3n) is 2.61. The van der Waals surface area contributed by atoms with Crippen LogP contribution < -0.4 is 0 Å². The van der Waals surface area contributed by atoms with Crippen LogP contribution in [0.3, 0.4) is 0 Å². The summed E-state index contributed by atoms with van der Waals surface area (Å²) in [6.45, 7) is 0. The van der Waals surface area contributed by atoms with Crippen LogP contribution in [0.5, 0.6) is 0 Å². The van der Waals surface area contributed by atoms with Gasteiger partial charge in [0, 0.05) is 5.57 Å². The molecule has 0 aromatic heterocycles. The van der Waals surface area contributed by atoms with E-state index in [1.807, 2.05) is 30.3 Å². The molecule has 0 unspecified atom stereocenters. The number of oxime groups is 1. The molecule has 0 saturated carbocycles. The first-order valence-electron chi connectivity index (χ1n) is 5.35. The van der Waals surface area contributed by atoms with Gasteiger partial charge in [-0.2, -0.15) is 5.26 Å². The molecular formula is C14H8Cl2N2O. The van der Waals surface area contributed by atoms with Gasteiger partial charge in [0.1, 0.15) is 11.8 Å². The van der Waals surface area contributed by atoms with Gasteiger partial charge in [-0.15, -0.1) is 0 Å². The fourth-order valence-electron chi connectivity index (χ4n) is 1.69. The van der Waals surface area contributed by atoms with Gasteiger partial charge in [0.2, 0.25) is 0 Å². The third-order valence-corrected chi connectivity index (χ3v) is 3.49. The molecule has 1 aliphatic rings. The summed E-state index contributed by atoms with van der Waals surface area (Å²) in [4.78, 5) is 0. The zero-order valence-corrected chi connectivity index (χ0v) is 11.2. The van der Waals surface area contributed by atoms with Crippen LogP contribution in [0.25, 0.3) is 5.57 Å². The number of rotatable bonds is 1. The lowest BCUT2D eigenvalue weighted by Crippen LogP contribution is -2.04. The molecule has 0 heterocycles. The first-order chi connectivity index (χ1) is 9.19. The van der Waals surface area contributed by atoms with Crippen molar-refractivity contribution in [3.8, 4) is 6.07 Å². The molecule has 1 N–H and O–H groups in total. The zero-order chi connectivity index (χ0) is 13.8. The molecule has 94 valence electrons. The van der Waals surface area contributed by atoms with Crippen molar-refractivity contribution in [3.05, 3.63) is 63.7 Å². The molecule has 0 saturated heterocycles. The van der Waals surface area contributed by atoms with E-state index >= 15 is 0 Å². The van der Waals surface area contributed by atoms with E-state index in [0.29, 0.717) is 11.1 Å². The Hall–Kier alpha value is -2.02. The third kappa shape index (κ3) is 2.55. The van der Waals surface area contributed by atoms with E-state index in [-0.39, 0.29) is 15.8 Å². The standard InChI is InChI=1S/C14H8Cl2N2O/c15-13-10(6-7-12(18-19)14(13)16)11(8-17)9-4-2-1-3-5-9/h1-7,19H/b11-10+,18-12+. The van der Waals surface area contributed by atoms with E-state index in [1.54, 1.807) is 6.08 Å². The van der Waals surface area contributed by atoms with Crippen LogP contribution in [0.15, 0.2) is 63.3 Å². The van der Waals surface area contributed by atoms with Gasteiger partial charge in [0.05, 0.1) is 15.6 Å². The van der Waals surface area contributed by atoms with Gasteiger partial charge in [-0.3, -0.25) is 0 Å². The molecule has 2 rings (SSSR count). The van der Waals surface area contributed by atoms with Crippen LogP contribution in [-0.4, -0.2) is 10.9 Å². The van der Waals surface area contributed by atoms with Gasteiger partial charge in [-0.25, -0.2) is 0 Å². The van der Waals surface area contributed by atoms with Crippen molar-refractivity contribution in [2.75, 3.05) is 0 Å². The molecule has 0 atom stereocenters. The first-order valence-corrected chi connectivity index (χ1v) is 6.10. The van der Waals surface area contributed by atoms with Crippen molar-refractivity contribution in [3.63, 3.8) is 0 Å². The molecule has 0 amide bonds. The van der Waals surface area contributed by atoms with Crippen molar-refractivity contribution in [2.45, 2.75) is 0 Å². The number of nitrogens with zero attached hydrogens (tertiary/aromatic N) is 2. The van der Waals surface area contributed by atoms with Crippen molar-refractivity contribution in [1.82, 2.24) is 0 Å². The summed E-state index contributed by atoms with van der Waals surface area (Å²) >= 11 is 12.1. The Kier molecular flexibility index (Phi) is 4.06. The predicted molar refractivity (Wildman–Crippen MR) is 76.1 cm³/mol. The zero-order valence-electron chi connectivity index (χ0n) is 9.64. The van der Waals surface area contributed by atoms with Crippen LogP contribution in [0.4, 0.5) is 0 Å². The minimum absolute atomic E-state index is 0.116. The summed E-state index contributed by atoms with van der Waals surface area (Å²) in [7, 11) is 0. The molecule has 0 radical (unpaired) electrons. The number of allylic oxidation sites excluding steroid dienone is 6. The first kappa shape index (κ1) is 13.4. The highest BCUT2D eigenvalue weighted by Crippen LogP contribution is 2.33. The second kappa shape index (κ2) is 5.75. The van der Waals surface area contributed by atoms with Gasteiger partial charge >= 0.3 is 0 Å². The quantitative estimate of drug-likeness (QED) is 0.482. The van der Waals surface area contributed by atoms with Crippen LogP contribution in [-0.2, 0) is 0 Å². The van der Waals surface area contributed by atoms with Crippen LogP contribution in [0, 0.1) is 11.3 Å². The molecule has 0 fully saturated rings. The molecule has 1 aromatic rings. The molecule has 1 aromatic carbocycles. The number of nitriles is 1. The van der Waals surface area contributed by atoms with Gasteiger partial charge in [-0.1, -0.05) is 58.7 Å². The lowest BCUT2D eigenvalue weighted by Gasteiger charge is -2.12. The summed E-state index contributed by atoms with van der Waals surface area (Å²) in [5.41, 5.74) is 1.84. The van der Waals surface area contributed by atoms with Gasteiger partial charge in [-0.05, 0) is 17.7 Å². The van der Waals surface area contributed by atoms with Gasteiger partial charge in [0.15, 0.2) is 0 Å². The van der Waals surface area contributed by atoms with Crippen LogP contribution in [0.2, 0.25) is 0 Å². The molecule has 0 spiro atoms. The number of hydrogen-bond acceptors (Lipinski definition) is 3. The van der Waals surface area contributed by atoms with Gasteiger partial charge < -0.3 is 5.21 Å². The highest BCUT2D eigenvalue weighted by atomic mass is 35.5. The van der Waals surface area contributed by atoms with Crippen LogP contribution >= 0.6 is 23.2 Å². The predicted octanol–water partition coefficient (Wildman–Crippen LogP) is 4.05. The Bertz CT molecular complexity index is 664. The molecule has 19 heavy (non-hydrogen) atoms. The maximum atomic E-state index is 9.31. The van der Waals surface area contributed by atoms with E-state index in [9.17, 15) is 5.26 Å². The van der Waals surface area contributed by atoms with E-state index in [2.05, 4.69) is 11.2 Å². The average Bonchev–Trinajstić information content (AvgIpc) is 2.45. The molecular weight excluding hydrogens is 283 g/mol. The Morgan fingerprint density at radius 2 is 1.79 bits per heavy atom. The largest absolute Gasteiger partial charge is 0.410 e. The van der Waals surface area contributed by atoms with Crippen molar-refractivity contribution in [2.24, 2.45) is 5.16 Å². The summed E-state index contributed by atoms with van der Waals surface area (Å²) in [5, 5.41) is 21.4. The van der Waals surface area contributed by atoms with E-state index in [0.717, 1.165) is 5.56 Å². The summed E-state index contributed by atoms with van der Waals surface area (Å²) in [6.07, 6.45) is 3.11. The summed E-state index contributed by atoms with van der Waals surface area (Å²) < 4.78 is 0. The molecule has 1 aliphatic carbocycles. The van der Waals surface area contributed by atoms with Crippen molar-refractivity contribution >= 4 is 34.5 Å². The maximum Gasteiger partial charge on any atom is 0.122 e. The Morgan fingerprint density at radius 1 is 1.11 bits per heavy atom. The fourth-order valence-corrected chi connectivity index (χ4v) is 2.15. The maximum absolute atomic E-state index is 9.31.